The van der Waals surface area contributed by atoms with Gasteiger partial charge in [0.15, 0.2) is 0 Å². The minimum atomic E-state index is -4.35. The maximum Gasteiger partial charge on any atom is 0.408 e. The standard InChI is InChI=1S/C15H23N3O6S/c1-15(2,3)24-14(20)17-12(13(19)16-4)9-10-5-7-11(8-6-10)18-25(21,22)23/h5-8,12,18H,9H2,1-4H3,(H,16,19)(H,17,20)(H,21,22,23)/t12-/m1/s1. The lowest BCUT2D eigenvalue weighted by atomic mass is 10.1. The van der Waals surface area contributed by atoms with Crippen molar-refractivity contribution >= 4 is 28.0 Å². The zero-order valence-corrected chi connectivity index (χ0v) is 15.3. The summed E-state index contributed by atoms with van der Waals surface area (Å²) >= 11 is 0. The third kappa shape index (κ3) is 8.36. The Kier molecular flexibility index (Phi) is 6.77. The fourth-order valence-corrected chi connectivity index (χ4v) is 2.36. The summed E-state index contributed by atoms with van der Waals surface area (Å²) in [6, 6.07) is 5.13. The van der Waals surface area contributed by atoms with Crippen LogP contribution in [0.1, 0.15) is 26.3 Å². The molecule has 0 radical (unpaired) electrons. The molecule has 1 aromatic carbocycles. The van der Waals surface area contributed by atoms with Crippen LogP contribution in [0.25, 0.3) is 0 Å². The van der Waals surface area contributed by atoms with Crippen molar-refractivity contribution in [3.05, 3.63) is 29.8 Å². The molecule has 1 rings (SSSR count). The largest absolute Gasteiger partial charge is 0.444 e. The first-order valence-corrected chi connectivity index (χ1v) is 8.89. The molecule has 140 valence electrons. The van der Waals surface area contributed by atoms with Crippen LogP contribution in [0.15, 0.2) is 24.3 Å². The third-order valence-corrected chi connectivity index (χ3v) is 3.39. The molecule has 0 saturated heterocycles. The summed E-state index contributed by atoms with van der Waals surface area (Å²) in [5.74, 6) is -0.397. The van der Waals surface area contributed by atoms with Gasteiger partial charge in [0, 0.05) is 13.5 Å². The molecule has 0 aromatic heterocycles. The van der Waals surface area contributed by atoms with Crippen molar-refractivity contribution in [1.29, 1.82) is 0 Å². The predicted octanol–water partition coefficient (Wildman–Crippen LogP) is 1.08. The molecule has 25 heavy (non-hydrogen) atoms. The Morgan fingerprint density at radius 3 is 2.20 bits per heavy atom. The minimum absolute atomic E-state index is 0.169. The maximum atomic E-state index is 12.0. The summed E-state index contributed by atoms with van der Waals surface area (Å²) in [5.41, 5.74) is 0.147. The SMILES string of the molecule is CNC(=O)[C@@H](Cc1ccc(NS(=O)(=O)O)cc1)NC(=O)OC(C)(C)C. The van der Waals surface area contributed by atoms with Crippen molar-refractivity contribution < 1.29 is 27.3 Å². The van der Waals surface area contributed by atoms with E-state index in [4.69, 9.17) is 9.29 Å². The Bertz CT molecular complexity index is 710. The van der Waals surface area contributed by atoms with E-state index in [1.165, 1.54) is 19.2 Å². The molecule has 4 N–H and O–H groups in total. The molecule has 0 fully saturated rings. The Balaban J connectivity index is 2.81. The summed E-state index contributed by atoms with van der Waals surface area (Å²) < 4.78 is 37.3. The first-order valence-electron chi connectivity index (χ1n) is 7.45. The van der Waals surface area contributed by atoms with Crippen LogP contribution in [-0.2, 0) is 26.3 Å². The van der Waals surface area contributed by atoms with Crippen LogP contribution in [0.5, 0.6) is 0 Å². The van der Waals surface area contributed by atoms with Crippen LogP contribution in [0.3, 0.4) is 0 Å². The summed E-state index contributed by atoms with van der Waals surface area (Å²) in [4.78, 5) is 23.8. The number of alkyl carbamates (subject to hydrolysis) is 1. The number of rotatable bonds is 6. The second kappa shape index (κ2) is 8.17. The van der Waals surface area contributed by atoms with Gasteiger partial charge in [-0.25, -0.2) is 4.79 Å². The summed E-state index contributed by atoms with van der Waals surface area (Å²) in [7, 11) is -2.90. The van der Waals surface area contributed by atoms with Gasteiger partial charge < -0.3 is 15.4 Å². The zero-order valence-electron chi connectivity index (χ0n) is 14.5. The van der Waals surface area contributed by atoms with Gasteiger partial charge in [-0.1, -0.05) is 12.1 Å². The molecule has 0 aliphatic heterocycles. The maximum absolute atomic E-state index is 12.0. The number of carbonyl (C=O) groups excluding carboxylic acids is 2. The average molecular weight is 373 g/mol. The van der Waals surface area contributed by atoms with Gasteiger partial charge in [0.1, 0.15) is 11.6 Å². The van der Waals surface area contributed by atoms with Crippen LogP contribution >= 0.6 is 0 Å². The molecule has 1 aromatic rings. The van der Waals surface area contributed by atoms with Crippen LogP contribution in [0, 0.1) is 0 Å². The molecule has 9 nitrogen and oxygen atoms in total. The molecule has 0 spiro atoms. The van der Waals surface area contributed by atoms with Crippen molar-refractivity contribution in [1.82, 2.24) is 10.6 Å². The van der Waals surface area contributed by atoms with Crippen LogP contribution in [0.4, 0.5) is 10.5 Å². The second-order valence-electron chi connectivity index (χ2n) is 6.29. The van der Waals surface area contributed by atoms with Crippen LogP contribution in [0.2, 0.25) is 0 Å². The number of hydrogen-bond donors (Lipinski definition) is 4. The van der Waals surface area contributed by atoms with Crippen molar-refractivity contribution in [3.63, 3.8) is 0 Å². The molecule has 10 heteroatoms. The molecule has 0 heterocycles. The van der Waals surface area contributed by atoms with E-state index in [0.717, 1.165) is 0 Å². The average Bonchev–Trinajstić information content (AvgIpc) is 2.44. The quantitative estimate of drug-likeness (QED) is 0.551. The monoisotopic (exact) mass is 373 g/mol. The van der Waals surface area contributed by atoms with E-state index in [9.17, 15) is 18.0 Å². The van der Waals surface area contributed by atoms with Crippen molar-refractivity contribution in [2.75, 3.05) is 11.8 Å². The van der Waals surface area contributed by atoms with E-state index < -0.39 is 33.9 Å². The van der Waals surface area contributed by atoms with E-state index in [2.05, 4.69) is 10.6 Å². The first kappa shape index (κ1) is 20.7. The van der Waals surface area contributed by atoms with E-state index in [1.54, 1.807) is 32.9 Å². The Hall–Kier alpha value is -2.33. The lowest BCUT2D eigenvalue weighted by molar-refractivity contribution is -0.122. The van der Waals surface area contributed by atoms with Gasteiger partial charge in [0.2, 0.25) is 5.91 Å². The van der Waals surface area contributed by atoms with E-state index >= 15 is 0 Å². The van der Waals surface area contributed by atoms with Gasteiger partial charge in [-0.2, -0.15) is 8.42 Å². The lowest BCUT2D eigenvalue weighted by Gasteiger charge is -2.23. The minimum Gasteiger partial charge on any atom is -0.444 e. The number of nitrogens with one attached hydrogen (secondary N) is 3. The first-order chi connectivity index (χ1) is 11.4. The van der Waals surface area contributed by atoms with E-state index in [-0.39, 0.29) is 12.1 Å². The Labute approximate surface area is 147 Å². The number of likely N-dealkylation sites (N-methyl/N-ethyl adjacent to an activating group) is 1. The number of anilines is 1. The highest BCUT2D eigenvalue weighted by Crippen LogP contribution is 2.13. The van der Waals surface area contributed by atoms with Gasteiger partial charge in [-0.3, -0.25) is 14.1 Å². The predicted molar refractivity (Wildman–Crippen MR) is 92.5 cm³/mol. The summed E-state index contributed by atoms with van der Waals surface area (Å²) in [5, 5.41) is 4.96. The van der Waals surface area contributed by atoms with Gasteiger partial charge in [-0.15, -0.1) is 0 Å². The molecule has 0 aliphatic carbocycles. The Morgan fingerprint density at radius 1 is 1.20 bits per heavy atom. The van der Waals surface area contributed by atoms with E-state index in [0.29, 0.717) is 5.56 Å². The van der Waals surface area contributed by atoms with Crippen molar-refractivity contribution in [3.8, 4) is 0 Å². The van der Waals surface area contributed by atoms with Crippen molar-refractivity contribution in [2.24, 2.45) is 0 Å². The summed E-state index contributed by atoms with van der Waals surface area (Å²) in [6.45, 7) is 5.13. The second-order valence-corrected chi connectivity index (χ2v) is 7.45. The Morgan fingerprint density at radius 2 is 1.76 bits per heavy atom. The van der Waals surface area contributed by atoms with Gasteiger partial charge in [-0.05, 0) is 38.5 Å². The molecule has 0 bridgehead atoms. The molecule has 2 amide bonds. The fourth-order valence-electron chi connectivity index (χ4n) is 1.93. The molecular weight excluding hydrogens is 350 g/mol. The smallest absolute Gasteiger partial charge is 0.408 e. The van der Waals surface area contributed by atoms with Crippen LogP contribution in [-0.4, -0.2) is 43.7 Å². The fraction of sp³-hybridized carbons (Fsp3) is 0.467. The van der Waals surface area contributed by atoms with Gasteiger partial charge >= 0.3 is 16.4 Å². The van der Waals surface area contributed by atoms with Gasteiger partial charge in [0.05, 0.1) is 5.69 Å². The highest BCUT2D eigenvalue weighted by Gasteiger charge is 2.24. The number of amides is 2. The molecule has 0 aliphatic rings. The molecule has 0 saturated carbocycles. The van der Waals surface area contributed by atoms with Crippen LogP contribution < -0.4 is 15.4 Å². The topological polar surface area (TPSA) is 134 Å². The lowest BCUT2D eigenvalue weighted by Crippen LogP contribution is -2.48. The van der Waals surface area contributed by atoms with E-state index in [1.807, 2.05) is 4.72 Å². The zero-order chi connectivity index (χ0) is 19.3. The number of benzene rings is 1. The normalized spacial score (nSPS) is 12.8. The highest BCUT2D eigenvalue weighted by atomic mass is 32.2. The van der Waals surface area contributed by atoms with Crippen molar-refractivity contribution in [2.45, 2.75) is 38.8 Å². The molecule has 0 unspecified atom stereocenters. The molecule has 1 atom stereocenters. The third-order valence-electron chi connectivity index (χ3n) is 2.89. The number of ether oxygens (including phenoxy) is 1. The number of hydrogen-bond acceptors (Lipinski definition) is 5. The van der Waals surface area contributed by atoms with Gasteiger partial charge in [0.25, 0.3) is 0 Å². The number of carbonyl (C=O) groups is 2. The summed E-state index contributed by atoms with van der Waals surface area (Å²) in [6.07, 6.45) is -0.545. The molecular formula is C15H23N3O6S. The highest BCUT2D eigenvalue weighted by molar-refractivity contribution is 7.87.